The van der Waals surface area contributed by atoms with Gasteiger partial charge in [0.25, 0.3) is 0 Å². The number of hydrogen-bond acceptors (Lipinski definition) is 5. The fraction of sp³-hybridized carbons (Fsp3) is 0.348. The van der Waals surface area contributed by atoms with E-state index in [4.69, 9.17) is 9.47 Å². The summed E-state index contributed by atoms with van der Waals surface area (Å²) in [6.07, 6.45) is -2.62. The van der Waals surface area contributed by atoms with Crippen LogP contribution in [0.25, 0.3) is 0 Å². The van der Waals surface area contributed by atoms with Crippen LogP contribution in [0, 0.1) is 0 Å². The lowest BCUT2D eigenvalue weighted by molar-refractivity contribution is -0.137. The molecule has 178 valence electrons. The molecular formula is C23H26F3N3O4. The third kappa shape index (κ3) is 8.83. The van der Waals surface area contributed by atoms with Gasteiger partial charge in [-0.15, -0.1) is 0 Å². The zero-order valence-corrected chi connectivity index (χ0v) is 18.4. The van der Waals surface area contributed by atoms with Crippen molar-refractivity contribution in [2.45, 2.75) is 39.3 Å². The molecule has 0 radical (unpaired) electrons. The molecule has 0 unspecified atom stereocenters. The van der Waals surface area contributed by atoms with Crippen molar-refractivity contribution in [3.63, 3.8) is 0 Å². The Morgan fingerprint density at radius 2 is 1.76 bits per heavy atom. The monoisotopic (exact) mass is 465 g/mol. The van der Waals surface area contributed by atoms with Gasteiger partial charge in [-0.25, -0.2) is 5.43 Å². The van der Waals surface area contributed by atoms with Crippen molar-refractivity contribution >= 4 is 23.7 Å². The van der Waals surface area contributed by atoms with Gasteiger partial charge in [0.15, 0.2) is 11.5 Å². The first-order valence-electron chi connectivity index (χ1n) is 10.4. The van der Waals surface area contributed by atoms with Crippen LogP contribution in [0.3, 0.4) is 0 Å². The number of nitrogens with one attached hydrogen (secondary N) is 2. The van der Waals surface area contributed by atoms with Crippen molar-refractivity contribution in [2.24, 2.45) is 5.10 Å². The van der Waals surface area contributed by atoms with E-state index in [0.29, 0.717) is 30.3 Å². The highest BCUT2D eigenvalue weighted by Crippen LogP contribution is 2.31. The summed E-state index contributed by atoms with van der Waals surface area (Å²) in [4.78, 5) is 23.9. The lowest BCUT2D eigenvalue weighted by Crippen LogP contribution is -2.20. The van der Waals surface area contributed by atoms with E-state index in [1.54, 1.807) is 18.2 Å². The minimum atomic E-state index is -4.51. The Bertz CT molecular complexity index is 978. The number of anilines is 1. The van der Waals surface area contributed by atoms with Crippen LogP contribution in [0.4, 0.5) is 18.9 Å². The molecule has 0 aromatic heterocycles. The van der Waals surface area contributed by atoms with Gasteiger partial charge in [0, 0.05) is 18.5 Å². The summed E-state index contributed by atoms with van der Waals surface area (Å²) in [6, 6.07) is 9.51. The first-order valence-corrected chi connectivity index (χ1v) is 10.4. The van der Waals surface area contributed by atoms with Gasteiger partial charge in [0.1, 0.15) is 0 Å². The lowest BCUT2D eigenvalue weighted by Gasteiger charge is -2.11. The molecule has 10 heteroatoms. The van der Waals surface area contributed by atoms with Crippen LogP contribution in [0.2, 0.25) is 0 Å². The van der Waals surface area contributed by atoms with Gasteiger partial charge in [-0.2, -0.15) is 18.3 Å². The van der Waals surface area contributed by atoms with E-state index in [0.717, 1.165) is 18.6 Å². The fourth-order valence-electron chi connectivity index (χ4n) is 2.66. The van der Waals surface area contributed by atoms with E-state index in [2.05, 4.69) is 15.8 Å². The van der Waals surface area contributed by atoms with E-state index in [1.165, 1.54) is 18.3 Å². The van der Waals surface area contributed by atoms with Gasteiger partial charge in [-0.05, 0) is 55.3 Å². The second-order valence-electron chi connectivity index (χ2n) is 6.91. The molecule has 2 rings (SSSR count). The van der Waals surface area contributed by atoms with Crippen molar-refractivity contribution < 1.29 is 32.2 Å². The third-order valence-electron chi connectivity index (χ3n) is 4.18. The highest BCUT2D eigenvalue weighted by molar-refractivity contribution is 5.93. The van der Waals surface area contributed by atoms with E-state index >= 15 is 0 Å². The Labute approximate surface area is 190 Å². The number of amides is 2. The molecule has 2 aromatic carbocycles. The molecule has 33 heavy (non-hydrogen) atoms. The second-order valence-corrected chi connectivity index (χ2v) is 6.91. The maximum absolute atomic E-state index is 12.7. The first kappa shape index (κ1) is 25.7. The Kier molecular flexibility index (Phi) is 9.71. The van der Waals surface area contributed by atoms with Gasteiger partial charge in [0.2, 0.25) is 11.8 Å². The molecule has 0 spiro atoms. The number of benzene rings is 2. The molecular weight excluding hydrogens is 439 g/mol. The molecule has 0 saturated carbocycles. The summed E-state index contributed by atoms with van der Waals surface area (Å²) >= 11 is 0. The van der Waals surface area contributed by atoms with Crippen molar-refractivity contribution in [1.29, 1.82) is 0 Å². The van der Waals surface area contributed by atoms with E-state index in [1.807, 2.05) is 13.8 Å². The van der Waals surface area contributed by atoms with Gasteiger partial charge in [-0.3, -0.25) is 9.59 Å². The number of carbonyl (C=O) groups is 2. The quantitative estimate of drug-likeness (QED) is 0.370. The summed E-state index contributed by atoms with van der Waals surface area (Å²) in [7, 11) is 0. The largest absolute Gasteiger partial charge is 0.490 e. The maximum Gasteiger partial charge on any atom is 0.416 e. The molecule has 0 aliphatic rings. The number of halogens is 3. The third-order valence-corrected chi connectivity index (χ3v) is 4.18. The highest BCUT2D eigenvalue weighted by Gasteiger charge is 2.30. The molecule has 0 atom stereocenters. The van der Waals surface area contributed by atoms with Crippen molar-refractivity contribution in [3.8, 4) is 11.5 Å². The van der Waals surface area contributed by atoms with Crippen LogP contribution in [0.15, 0.2) is 47.6 Å². The minimum absolute atomic E-state index is 0.00437. The van der Waals surface area contributed by atoms with Crippen molar-refractivity contribution in [3.05, 3.63) is 53.6 Å². The molecule has 0 fully saturated rings. The van der Waals surface area contributed by atoms with Crippen LogP contribution in [0.1, 0.15) is 44.2 Å². The average molecular weight is 465 g/mol. The van der Waals surface area contributed by atoms with Crippen molar-refractivity contribution in [1.82, 2.24) is 5.43 Å². The summed E-state index contributed by atoms with van der Waals surface area (Å²) in [5, 5.41) is 6.20. The van der Waals surface area contributed by atoms with Gasteiger partial charge >= 0.3 is 6.18 Å². The molecule has 2 N–H and O–H groups in total. The predicted octanol–water partition coefficient (Wildman–Crippen LogP) is 4.76. The lowest BCUT2D eigenvalue weighted by atomic mass is 10.2. The molecule has 7 nitrogen and oxygen atoms in total. The number of hydrogen-bond donors (Lipinski definition) is 2. The number of hydrazone groups is 1. The van der Waals surface area contributed by atoms with Crippen LogP contribution in [0.5, 0.6) is 11.5 Å². The highest BCUT2D eigenvalue weighted by atomic mass is 19.4. The number of ether oxygens (including phenoxy) is 2. The standard InChI is InChI=1S/C23H26F3N3O4/c1-3-12-33-19-9-8-16(13-20(19)32-4-2)15-27-29-22(31)11-10-21(30)28-18-7-5-6-17(14-18)23(24,25)26/h5-9,13-15H,3-4,10-12H2,1-2H3,(H,28,30)(H,29,31). The zero-order valence-electron chi connectivity index (χ0n) is 18.4. The smallest absolute Gasteiger partial charge is 0.416 e. The summed E-state index contributed by atoms with van der Waals surface area (Å²) in [6.45, 7) is 4.88. The van der Waals surface area contributed by atoms with Crippen LogP contribution in [-0.2, 0) is 15.8 Å². The topological polar surface area (TPSA) is 89.0 Å². The minimum Gasteiger partial charge on any atom is -0.490 e. The molecule has 2 aromatic rings. The van der Waals surface area contributed by atoms with Crippen molar-refractivity contribution in [2.75, 3.05) is 18.5 Å². The van der Waals surface area contributed by atoms with E-state index in [9.17, 15) is 22.8 Å². The van der Waals surface area contributed by atoms with Crippen LogP contribution >= 0.6 is 0 Å². The Hall–Kier alpha value is -3.56. The summed E-state index contributed by atoms with van der Waals surface area (Å²) < 4.78 is 49.4. The number of alkyl halides is 3. The van der Waals surface area contributed by atoms with Crippen LogP contribution in [-0.4, -0.2) is 31.2 Å². The van der Waals surface area contributed by atoms with E-state index < -0.39 is 23.6 Å². The van der Waals surface area contributed by atoms with Gasteiger partial charge in [0.05, 0.1) is 25.0 Å². The summed E-state index contributed by atoms with van der Waals surface area (Å²) in [5.74, 6) is 0.0787. The van der Waals surface area contributed by atoms with E-state index in [-0.39, 0.29) is 18.5 Å². The number of rotatable bonds is 11. The Balaban J connectivity index is 1.84. The predicted molar refractivity (Wildman–Crippen MR) is 118 cm³/mol. The number of nitrogens with zero attached hydrogens (tertiary/aromatic N) is 1. The molecule has 2 amide bonds. The number of carbonyl (C=O) groups excluding carboxylic acids is 2. The molecule has 0 aliphatic carbocycles. The SMILES string of the molecule is CCCOc1ccc(C=NNC(=O)CCC(=O)Nc2cccc(C(F)(F)F)c2)cc1OCC. The summed E-state index contributed by atoms with van der Waals surface area (Å²) in [5.41, 5.74) is 2.11. The van der Waals surface area contributed by atoms with Crippen LogP contribution < -0.4 is 20.2 Å². The normalized spacial score (nSPS) is 11.3. The zero-order chi connectivity index (χ0) is 24.3. The molecule has 0 aliphatic heterocycles. The fourth-order valence-corrected chi connectivity index (χ4v) is 2.66. The second kappa shape index (κ2) is 12.5. The van der Waals surface area contributed by atoms with Gasteiger partial charge < -0.3 is 14.8 Å². The molecule has 0 heterocycles. The first-order chi connectivity index (χ1) is 15.7. The maximum atomic E-state index is 12.7. The Morgan fingerprint density at radius 1 is 1.00 bits per heavy atom. The molecule has 0 saturated heterocycles. The average Bonchev–Trinajstić information content (AvgIpc) is 2.77. The van der Waals surface area contributed by atoms with Gasteiger partial charge in [-0.1, -0.05) is 13.0 Å². The Morgan fingerprint density at radius 3 is 2.45 bits per heavy atom. The molecule has 0 bridgehead atoms.